The molecule has 1 atom stereocenters. The first-order chi connectivity index (χ1) is 38.0. The van der Waals surface area contributed by atoms with Crippen LogP contribution < -0.4 is 0 Å². The predicted molar refractivity (Wildman–Crippen MR) is 334 cm³/mol. The summed E-state index contributed by atoms with van der Waals surface area (Å²) in [5, 5.41) is 0. The number of ether oxygens (including phenoxy) is 3. The maximum atomic E-state index is 12.9. The van der Waals surface area contributed by atoms with E-state index in [1.165, 1.54) is 193 Å². The van der Waals surface area contributed by atoms with E-state index < -0.39 is 6.10 Å². The normalized spacial score (nSPS) is 12.6. The lowest BCUT2D eigenvalue weighted by molar-refractivity contribution is -0.167. The lowest BCUT2D eigenvalue weighted by atomic mass is 10.0. The molecule has 0 aliphatic carbocycles. The van der Waals surface area contributed by atoms with Crippen molar-refractivity contribution < 1.29 is 28.6 Å². The number of hydrogen-bond acceptors (Lipinski definition) is 6. The van der Waals surface area contributed by atoms with Crippen molar-refractivity contribution in [1.82, 2.24) is 0 Å². The molecule has 0 spiro atoms. The quantitative estimate of drug-likeness (QED) is 0.0261. The van der Waals surface area contributed by atoms with Gasteiger partial charge in [0.2, 0.25) is 0 Å². The third kappa shape index (κ3) is 63.3. The van der Waals surface area contributed by atoms with Gasteiger partial charge in [-0.15, -0.1) is 0 Å². The zero-order chi connectivity index (χ0) is 55.7. The summed E-state index contributed by atoms with van der Waals surface area (Å²) in [4.78, 5) is 38.2. The fourth-order valence-corrected chi connectivity index (χ4v) is 9.44. The number of unbranched alkanes of at least 4 members (excludes halogenated alkanes) is 35. The van der Waals surface area contributed by atoms with Crippen LogP contribution in [0.4, 0.5) is 0 Å². The average molecular weight is 1070 g/mol. The van der Waals surface area contributed by atoms with Gasteiger partial charge in [-0.3, -0.25) is 14.4 Å². The van der Waals surface area contributed by atoms with Crippen molar-refractivity contribution in [3.8, 4) is 0 Å². The van der Waals surface area contributed by atoms with E-state index in [-0.39, 0.29) is 31.1 Å². The van der Waals surface area contributed by atoms with Crippen LogP contribution in [0.5, 0.6) is 0 Å². The Morgan fingerprint density at radius 2 is 0.506 bits per heavy atom. The Balaban J connectivity index is 4.20. The van der Waals surface area contributed by atoms with Crippen LogP contribution in [0.2, 0.25) is 0 Å². The molecule has 0 radical (unpaired) electrons. The van der Waals surface area contributed by atoms with Gasteiger partial charge in [0.15, 0.2) is 6.10 Å². The van der Waals surface area contributed by atoms with Crippen molar-refractivity contribution in [2.24, 2.45) is 0 Å². The Morgan fingerprint density at radius 3 is 0.792 bits per heavy atom. The SMILES string of the molecule is CC/C=C\C/C=C\C/C=C\C/C=C\CCCCCCCCCCCCCCC(=O)OCC(COC(=O)CCCCCCCCCCC)OC(=O)CCCCCCCCCCCC/C=C\C/C=C\C/C=C\CCCCCCC. The molecule has 1 unspecified atom stereocenters. The maximum Gasteiger partial charge on any atom is 0.306 e. The molecule has 6 heteroatoms. The number of carbonyl (C=O) groups is 3. The first-order valence-corrected chi connectivity index (χ1v) is 33.1. The molecule has 0 amide bonds. The molecule has 0 aliphatic heterocycles. The van der Waals surface area contributed by atoms with Gasteiger partial charge in [-0.25, -0.2) is 0 Å². The molecule has 6 nitrogen and oxygen atoms in total. The molecule has 0 saturated carbocycles. The Bertz CT molecular complexity index is 1470. The highest BCUT2D eigenvalue weighted by Crippen LogP contribution is 2.17. The number of hydrogen-bond donors (Lipinski definition) is 0. The lowest BCUT2D eigenvalue weighted by Crippen LogP contribution is -2.30. The van der Waals surface area contributed by atoms with Crippen molar-refractivity contribution in [3.63, 3.8) is 0 Å². The molecule has 0 aromatic rings. The maximum absolute atomic E-state index is 12.9. The fourth-order valence-electron chi connectivity index (χ4n) is 9.44. The summed E-state index contributed by atoms with van der Waals surface area (Å²) in [5.41, 5.74) is 0. The second-order valence-electron chi connectivity index (χ2n) is 22.0. The Morgan fingerprint density at radius 1 is 0.273 bits per heavy atom. The van der Waals surface area contributed by atoms with Gasteiger partial charge in [-0.05, 0) is 96.3 Å². The molecule has 0 N–H and O–H groups in total. The van der Waals surface area contributed by atoms with Crippen LogP contribution in [-0.2, 0) is 28.6 Å². The van der Waals surface area contributed by atoms with Crippen molar-refractivity contribution in [1.29, 1.82) is 0 Å². The van der Waals surface area contributed by atoms with E-state index in [0.29, 0.717) is 19.3 Å². The molecule has 444 valence electrons. The third-order valence-electron chi connectivity index (χ3n) is 14.4. The molecule has 0 aromatic heterocycles. The molecule has 0 fully saturated rings. The van der Waals surface area contributed by atoms with Gasteiger partial charge >= 0.3 is 17.9 Å². The van der Waals surface area contributed by atoms with E-state index in [1.807, 2.05) is 0 Å². The standard InChI is InChI=1S/C71H124O6/c1-4-7-10-13-16-19-21-23-25-27-29-31-33-35-37-39-41-43-45-47-49-52-55-58-61-64-70(73)76-67-68(66-75-69(72)63-60-57-54-51-18-15-12-9-6-3)77-71(74)65-62-59-56-53-50-48-46-44-42-40-38-36-34-32-30-28-26-24-22-20-17-14-11-8-5-2/h7,10,16,19,22-25,28-31,34,36,68H,4-6,8-9,11-15,17-18,20-21,26-27,32-33,35,37-67H2,1-3H3/b10-7-,19-16-,24-22-,25-23-,30-28-,31-29-,36-34-. The van der Waals surface area contributed by atoms with Crippen LogP contribution in [0.15, 0.2) is 85.1 Å². The second kappa shape index (κ2) is 65.1. The molecular weight excluding hydrogens is 949 g/mol. The van der Waals surface area contributed by atoms with Crippen molar-refractivity contribution in [2.75, 3.05) is 13.2 Å². The zero-order valence-corrected chi connectivity index (χ0v) is 51.0. The van der Waals surface area contributed by atoms with Gasteiger partial charge in [0.1, 0.15) is 13.2 Å². The monoisotopic (exact) mass is 1070 g/mol. The number of allylic oxidation sites excluding steroid dienone is 14. The first kappa shape index (κ1) is 73.6. The summed E-state index contributed by atoms with van der Waals surface area (Å²) >= 11 is 0. The van der Waals surface area contributed by atoms with E-state index in [1.54, 1.807) is 0 Å². The number of carbonyl (C=O) groups excluding carboxylic acids is 3. The van der Waals surface area contributed by atoms with Gasteiger partial charge < -0.3 is 14.2 Å². The highest BCUT2D eigenvalue weighted by atomic mass is 16.6. The summed E-state index contributed by atoms with van der Waals surface area (Å²) in [7, 11) is 0. The average Bonchev–Trinajstić information content (AvgIpc) is 3.43. The van der Waals surface area contributed by atoms with E-state index in [0.717, 1.165) is 96.3 Å². The summed E-state index contributed by atoms with van der Waals surface area (Å²) in [6.07, 6.45) is 86.0. The summed E-state index contributed by atoms with van der Waals surface area (Å²) in [6.45, 7) is 6.53. The van der Waals surface area contributed by atoms with Crippen LogP contribution >= 0.6 is 0 Å². The van der Waals surface area contributed by atoms with E-state index in [9.17, 15) is 14.4 Å². The van der Waals surface area contributed by atoms with E-state index in [4.69, 9.17) is 14.2 Å². The zero-order valence-electron chi connectivity index (χ0n) is 51.0. The van der Waals surface area contributed by atoms with E-state index >= 15 is 0 Å². The lowest BCUT2D eigenvalue weighted by Gasteiger charge is -2.18. The minimum Gasteiger partial charge on any atom is -0.462 e. The Kier molecular flexibility index (Phi) is 62.2. The molecule has 0 heterocycles. The topological polar surface area (TPSA) is 78.9 Å². The van der Waals surface area contributed by atoms with E-state index in [2.05, 4.69) is 106 Å². The van der Waals surface area contributed by atoms with Crippen molar-refractivity contribution in [2.45, 2.75) is 335 Å². The molecular formula is C71H124O6. The number of esters is 3. The van der Waals surface area contributed by atoms with Gasteiger partial charge in [-0.1, -0.05) is 298 Å². The largest absolute Gasteiger partial charge is 0.462 e. The van der Waals surface area contributed by atoms with Gasteiger partial charge in [-0.2, -0.15) is 0 Å². The highest BCUT2D eigenvalue weighted by molar-refractivity contribution is 5.71. The van der Waals surface area contributed by atoms with Crippen LogP contribution in [0.3, 0.4) is 0 Å². The van der Waals surface area contributed by atoms with Crippen LogP contribution in [0.1, 0.15) is 329 Å². The molecule has 0 bridgehead atoms. The van der Waals surface area contributed by atoms with Crippen LogP contribution in [0, 0.1) is 0 Å². The minimum absolute atomic E-state index is 0.0755. The van der Waals surface area contributed by atoms with Gasteiger partial charge in [0.25, 0.3) is 0 Å². The van der Waals surface area contributed by atoms with Crippen molar-refractivity contribution in [3.05, 3.63) is 85.1 Å². The second-order valence-corrected chi connectivity index (χ2v) is 22.0. The van der Waals surface area contributed by atoms with Crippen LogP contribution in [-0.4, -0.2) is 37.2 Å². The summed E-state index contributed by atoms with van der Waals surface area (Å²) in [6, 6.07) is 0. The molecule has 0 rings (SSSR count). The van der Waals surface area contributed by atoms with Crippen molar-refractivity contribution >= 4 is 17.9 Å². The Hall–Kier alpha value is -3.41. The summed E-state index contributed by atoms with van der Waals surface area (Å²) < 4.78 is 16.9. The molecule has 0 aromatic carbocycles. The van der Waals surface area contributed by atoms with Crippen LogP contribution in [0.25, 0.3) is 0 Å². The minimum atomic E-state index is -0.778. The predicted octanol–water partition coefficient (Wildman–Crippen LogP) is 22.7. The highest BCUT2D eigenvalue weighted by Gasteiger charge is 2.19. The fraction of sp³-hybridized carbons (Fsp3) is 0.761. The van der Waals surface area contributed by atoms with Gasteiger partial charge in [0, 0.05) is 19.3 Å². The Labute approximate surface area is 477 Å². The smallest absolute Gasteiger partial charge is 0.306 e. The first-order valence-electron chi connectivity index (χ1n) is 33.1. The summed E-state index contributed by atoms with van der Waals surface area (Å²) in [5.74, 6) is -0.871. The molecule has 0 aliphatic rings. The molecule has 0 saturated heterocycles. The molecule has 77 heavy (non-hydrogen) atoms. The van der Waals surface area contributed by atoms with Gasteiger partial charge in [0.05, 0.1) is 0 Å². The third-order valence-corrected chi connectivity index (χ3v) is 14.4. The number of rotatable bonds is 60.